The van der Waals surface area contributed by atoms with Crippen LogP contribution in [0.1, 0.15) is 78.1 Å². The molecule has 0 radical (unpaired) electrons. The molecule has 0 bridgehead atoms. The zero-order chi connectivity index (χ0) is 13.3. The first-order valence-corrected chi connectivity index (χ1v) is 8.75. The van der Waals surface area contributed by atoms with Crippen LogP contribution in [0.5, 0.6) is 0 Å². The van der Waals surface area contributed by atoms with Crippen molar-refractivity contribution < 1.29 is 0 Å². The molecule has 1 N–H and O–H groups in total. The Hall–Kier alpha value is -0.0800. The van der Waals surface area contributed by atoms with Gasteiger partial charge >= 0.3 is 0 Å². The molecule has 110 valence electrons. The molecule has 3 fully saturated rings. The van der Waals surface area contributed by atoms with Crippen molar-refractivity contribution in [3.63, 3.8) is 0 Å². The standard InChI is InChI=1S/C17H32N2/c1-3-16(4-2)14-19(15-9-5-6-10-15)17(13-18-16)11-7-8-12-17/h15,18H,3-14H2,1-2H3. The molecule has 3 rings (SSSR count). The second-order valence-electron chi connectivity index (χ2n) is 7.34. The lowest BCUT2D eigenvalue weighted by molar-refractivity contribution is -0.0256. The summed E-state index contributed by atoms with van der Waals surface area (Å²) in [5, 5.41) is 3.98. The Kier molecular flexibility index (Phi) is 3.92. The zero-order valence-electron chi connectivity index (χ0n) is 13.0. The van der Waals surface area contributed by atoms with Crippen molar-refractivity contribution in [2.24, 2.45) is 0 Å². The summed E-state index contributed by atoms with van der Waals surface area (Å²) >= 11 is 0. The predicted molar refractivity (Wildman–Crippen MR) is 81.5 cm³/mol. The number of rotatable bonds is 3. The van der Waals surface area contributed by atoms with Gasteiger partial charge in [0.2, 0.25) is 0 Å². The molecule has 2 aliphatic carbocycles. The first-order valence-electron chi connectivity index (χ1n) is 8.75. The lowest BCUT2D eigenvalue weighted by Crippen LogP contribution is -2.70. The highest BCUT2D eigenvalue weighted by atomic mass is 15.3. The summed E-state index contributed by atoms with van der Waals surface area (Å²) in [5.74, 6) is 0. The zero-order valence-corrected chi connectivity index (χ0v) is 13.0. The van der Waals surface area contributed by atoms with E-state index >= 15 is 0 Å². The first kappa shape index (κ1) is 13.9. The highest BCUT2D eigenvalue weighted by Crippen LogP contribution is 2.43. The van der Waals surface area contributed by atoms with Gasteiger partial charge in [-0.15, -0.1) is 0 Å². The molecular formula is C17H32N2. The maximum absolute atomic E-state index is 3.98. The molecular weight excluding hydrogens is 232 g/mol. The molecule has 0 aromatic heterocycles. The van der Waals surface area contributed by atoms with Crippen molar-refractivity contribution in [2.75, 3.05) is 13.1 Å². The normalized spacial score (nSPS) is 31.3. The largest absolute Gasteiger partial charge is 0.308 e. The maximum atomic E-state index is 3.98. The number of nitrogens with zero attached hydrogens (tertiary/aromatic N) is 1. The van der Waals surface area contributed by atoms with E-state index in [1.807, 2.05) is 0 Å². The Morgan fingerprint density at radius 1 is 1.00 bits per heavy atom. The lowest BCUT2D eigenvalue weighted by atomic mass is 9.81. The van der Waals surface area contributed by atoms with Crippen LogP contribution in [0.25, 0.3) is 0 Å². The van der Waals surface area contributed by atoms with Crippen LogP contribution >= 0.6 is 0 Å². The van der Waals surface area contributed by atoms with Crippen molar-refractivity contribution in [3.05, 3.63) is 0 Å². The van der Waals surface area contributed by atoms with Gasteiger partial charge in [0.05, 0.1) is 0 Å². The predicted octanol–water partition coefficient (Wildman–Crippen LogP) is 3.71. The van der Waals surface area contributed by atoms with E-state index in [2.05, 4.69) is 24.1 Å². The van der Waals surface area contributed by atoms with Gasteiger partial charge in [0, 0.05) is 30.2 Å². The van der Waals surface area contributed by atoms with E-state index in [0.717, 1.165) is 6.04 Å². The average molecular weight is 264 g/mol. The van der Waals surface area contributed by atoms with E-state index in [4.69, 9.17) is 0 Å². The van der Waals surface area contributed by atoms with Gasteiger partial charge in [-0.2, -0.15) is 0 Å². The molecule has 1 heterocycles. The van der Waals surface area contributed by atoms with Crippen molar-refractivity contribution in [2.45, 2.75) is 95.2 Å². The summed E-state index contributed by atoms with van der Waals surface area (Å²) in [5.41, 5.74) is 0.930. The summed E-state index contributed by atoms with van der Waals surface area (Å²) in [6.07, 6.45) is 14.2. The van der Waals surface area contributed by atoms with Gasteiger partial charge in [0.25, 0.3) is 0 Å². The van der Waals surface area contributed by atoms with Gasteiger partial charge < -0.3 is 5.32 Å². The van der Waals surface area contributed by atoms with E-state index < -0.39 is 0 Å². The maximum Gasteiger partial charge on any atom is 0.0337 e. The topological polar surface area (TPSA) is 15.3 Å². The smallest absolute Gasteiger partial charge is 0.0337 e. The number of hydrogen-bond acceptors (Lipinski definition) is 2. The third kappa shape index (κ3) is 2.35. The number of piperazine rings is 1. The summed E-state index contributed by atoms with van der Waals surface area (Å²) in [7, 11) is 0. The summed E-state index contributed by atoms with van der Waals surface area (Å²) in [6.45, 7) is 7.31. The molecule has 0 atom stereocenters. The van der Waals surface area contributed by atoms with Crippen molar-refractivity contribution >= 4 is 0 Å². The SMILES string of the molecule is CCC1(CC)CN(C2CCCC2)C2(CCCC2)CN1. The fraction of sp³-hybridized carbons (Fsp3) is 1.00. The van der Waals surface area contributed by atoms with E-state index in [1.165, 1.54) is 77.3 Å². The van der Waals surface area contributed by atoms with E-state index in [1.54, 1.807) is 0 Å². The van der Waals surface area contributed by atoms with Crippen molar-refractivity contribution in [3.8, 4) is 0 Å². The lowest BCUT2D eigenvalue weighted by Gasteiger charge is -2.55. The van der Waals surface area contributed by atoms with Crippen molar-refractivity contribution in [1.29, 1.82) is 0 Å². The Balaban J connectivity index is 1.82. The van der Waals surface area contributed by atoms with Gasteiger partial charge in [-0.25, -0.2) is 0 Å². The van der Waals surface area contributed by atoms with Crippen LogP contribution < -0.4 is 5.32 Å². The summed E-state index contributed by atoms with van der Waals surface area (Å²) in [4.78, 5) is 3.00. The van der Waals surface area contributed by atoms with Gasteiger partial charge in [-0.3, -0.25) is 4.90 Å². The van der Waals surface area contributed by atoms with Crippen LogP contribution in [0.2, 0.25) is 0 Å². The van der Waals surface area contributed by atoms with E-state index in [9.17, 15) is 0 Å². The molecule has 0 unspecified atom stereocenters. The minimum atomic E-state index is 0.399. The van der Waals surface area contributed by atoms with Gasteiger partial charge in [0.15, 0.2) is 0 Å². The van der Waals surface area contributed by atoms with Gasteiger partial charge in [0.1, 0.15) is 0 Å². The molecule has 0 aromatic rings. The first-order chi connectivity index (χ1) is 9.24. The van der Waals surface area contributed by atoms with Crippen LogP contribution in [0, 0.1) is 0 Å². The second-order valence-corrected chi connectivity index (χ2v) is 7.34. The molecule has 1 aliphatic heterocycles. The Morgan fingerprint density at radius 2 is 1.63 bits per heavy atom. The monoisotopic (exact) mass is 264 g/mol. The summed E-state index contributed by atoms with van der Waals surface area (Å²) in [6, 6.07) is 0.901. The molecule has 0 aromatic carbocycles. The second kappa shape index (κ2) is 5.37. The molecule has 2 saturated carbocycles. The minimum absolute atomic E-state index is 0.399. The van der Waals surface area contributed by atoms with Crippen LogP contribution in [0.3, 0.4) is 0 Å². The molecule has 3 aliphatic rings. The van der Waals surface area contributed by atoms with Crippen LogP contribution in [-0.4, -0.2) is 35.1 Å². The van der Waals surface area contributed by atoms with E-state index in [-0.39, 0.29) is 0 Å². The number of nitrogens with one attached hydrogen (secondary N) is 1. The molecule has 1 spiro atoms. The fourth-order valence-electron chi connectivity index (χ4n) is 4.96. The fourth-order valence-corrected chi connectivity index (χ4v) is 4.96. The molecule has 19 heavy (non-hydrogen) atoms. The van der Waals surface area contributed by atoms with Crippen LogP contribution in [0.15, 0.2) is 0 Å². The molecule has 0 amide bonds. The average Bonchev–Trinajstić information content (AvgIpc) is 3.12. The quantitative estimate of drug-likeness (QED) is 0.836. The van der Waals surface area contributed by atoms with E-state index in [0.29, 0.717) is 11.1 Å². The van der Waals surface area contributed by atoms with Crippen molar-refractivity contribution in [1.82, 2.24) is 10.2 Å². The third-order valence-electron chi connectivity index (χ3n) is 6.53. The highest BCUT2D eigenvalue weighted by Gasteiger charge is 2.49. The minimum Gasteiger partial charge on any atom is -0.308 e. The van der Waals surface area contributed by atoms with Gasteiger partial charge in [-0.1, -0.05) is 39.5 Å². The number of hydrogen-bond donors (Lipinski definition) is 1. The third-order valence-corrected chi connectivity index (χ3v) is 6.53. The Bertz CT molecular complexity index is 296. The summed E-state index contributed by atoms with van der Waals surface area (Å²) < 4.78 is 0. The van der Waals surface area contributed by atoms with Crippen LogP contribution in [0.4, 0.5) is 0 Å². The molecule has 2 heteroatoms. The Morgan fingerprint density at radius 3 is 2.21 bits per heavy atom. The molecule has 2 nitrogen and oxygen atoms in total. The molecule has 1 saturated heterocycles. The van der Waals surface area contributed by atoms with Crippen LogP contribution in [-0.2, 0) is 0 Å². The highest BCUT2D eigenvalue weighted by molar-refractivity contribution is 5.08. The van der Waals surface area contributed by atoms with Gasteiger partial charge in [-0.05, 0) is 38.5 Å². The Labute approximate surface area is 119 Å².